The van der Waals surface area contributed by atoms with Gasteiger partial charge in [-0.1, -0.05) is 18.2 Å². The van der Waals surface area contributed by atoms with Crippen LogP contribution in [-0.2, 0) is 11.0 Å². The number of para-hydroxylation sites is 1. The fraction of sp³-hybridized carbons (Fsp3) is 0.0625. The Morgan fingerprint density at radius 3 is 2.50 bits per heavy atom. The Labute approximate surface area is 135 Å². The van der Waals surface area contributed by atoms with Crippen LogP contribution in [0.4, 0.5) is 24.7 Å². The van der Waals surface area contributed by atoms with Gasteiger partial charge in [0.25, 0.3) is 5.91 Å². The van der Waals surface area contributed by atoms with Crippen LogP contribution in [0, 0.1) is 11.3 Å². The van der Waals surface area contributed by atoms with Crippen LogP contribution in [0.3, 0.4) is 0 Å². The Hall–Kier alpha value is -3.34. The van der Waals surface area contributed by atoms with Crippen LogP contribution in [-0.4, -0.2) is 10.9 Å². The summed E-state index contributed by atoms with van der Waals surface area (Å²) < 4.78 is 38.7. The van der Waals surface area contributed by atoms with Gasteiger partial charge in [-0.25, -0.2) is 4.98 Å². The predicted octanol–water partition coefficient (Wildman–Crippen LogP) is 3.56. The summed E-state index contributed by atoms with van der Waals surface area (Å²) >= 11 is 0. The first kappa shape index (κ1) is 17.0. The summed E-state index contributed by atoms with van der Waals surface area (Å²) in [6, 6.07) is 11.1. The number of aromatic nitrogens is 1. The van der Waals surface area contributed by atoms with E-state index in [4.69, 9.17) is 5.26 Å². The quantitative estimate of drug-likeness (QED) is 0.663. The third-order valence-electron chi connectivity index (χ3n) is 2.88. The van der Waals surface area contributed by atoms with Gasteiger partial charge >= 0.3 is 6.18 Å². The van der Waals surface area contributed by atoms with Gasteiger partial charge in [-0.2, -0.15) is 18.4 Å². The zero-order valence-electron chi connectivity index (χ0n) is 12.1. The van der Waals surface area contributed by atoms with Crippen molar-refractivity contribution in [2.45, 2.75) is 6.18 Å². The number of benzene rings is 1. The Bertz CT molecular complexity index is 795. The van der Waals surface area contributed by atoms with Gasteiger partial charge in [0, 0.05) is 12.4 Å². The molecule has 5 nitrogen and oxygen atoms in total. The number of alkyl halides is 3. The van der Waals surface area contributed by atoms with E-state index in [2.05, 4.69) is 15.6 Å². The molecular formula is C16H11F3N4O. The number of carbonyl (C=O) groups excluding carboxylic acids is 1. The Kier molecular flexibility index (Phi) is 5.16. The maximum Gasteiger partial charge on any atom is 0.418 e. The van der Waals surface area contributed by atoms with Crippen LogP contribution in [0.1, 0.15) is 5.56 Å². The molecule has 0 saturated carbocycles. The maximum atomic E-state index is 12.9. The Balaban J connectivity index is 2.18. The number of pyridine rings is 1. The van der Waals surface area contributed by atoms with Crippen LogP contribution >= 0.6 is 0 Å². The minimum atomic E-state index is -4.62. The SMILES string of the molecule is N#C/C(=C/Nc1ccccn1)C(=O)Nc1ccccc1C(F)(F)F. The molecule has 2 N–H and O–H groups in total. The fourth-order valence-electron chi connectivity index (χ4n) is 1.77. The Morgan fingerprint density at radius 2 is 1.88 bits per heavy atom. The normalized spacial score (nSPS) is 11.5. The highest BCUT2D eigenvalue weighted by atomic mass is 19.4. The van der Waals surface area contributed by atoms with Gasteiger partial charge in [-0.05, 0) is 24.3 Å². The lowest BCUT2D eigenvalue weighted by molar-refractivity contribution is -0.137. The molecule has 1 amide bonds. The zero-order chi connectivity index (χ0) is 17.6. The van der Waals surface area contributed by atoms with E-state index in [-0.39, 0.29) is 0 Å². The topological polar surface area (TPSA) is 77.8 Å². The molecule has 0 spiro atoms. The van der Waals surface area contributed by atoms with Crippen LogP contribution in [0.5, 0.6) is 0 Å². The molecule has 1 aromatic heterocycles. The first-order chi connectivity index (χ1) is 11.4. The standard InChI is InChI=1S/C16H11F3N4O/c17-16(18,19)12-5-1-2-6-13(12)23-15(24)11(9-20)10-22-14-7-3-4-8-21-14/h1-8,10H,(H,21,22)(H,23,24)/b11-10-. The predicted molar refractivity (Wildman–Crippen MR) is 81.6 cm³/mol. The summed E-state index contributed by atoms with van der Waals surface area (Å²) in [6.45, 7) is 0. The van der Waals surface area contributed by atoms with Crippen molar-refractivity contribution in [1.82, 2.24) is 4.98 Å². The highest BCUT2D eigenvalue weighted by Gasteiger charge is 2.33. The lowest BCUT2D eigenvalue weighted by Gasteiger charge is -2.13. The van der Waals surface area contributed by atoms with Crippen LogP contribution in [0.2, 0.25) is 0 Å². The van der Waals surface area contributed by atoms with Gasteiger partial charge in [-0.15, -0.1) is 0 Å². The van der Waals surface area contributed by atoms with Crippen molar-refractivity contribution in [3.05, 3.63) is 66.0 Å². The number of halogens is 3. The monoisotopic (exact) mass is 332 g/mol. The largest absolute Gasteiger partial charge is 0.418 e. The molecule has 1 heterocycles. The highest BCUT2D eigenvalue weighted by Crippen LogP contribution is 2.34. The first-order valence-electron chi connectivity index (χ1n) is 6.67. The van der Waals surface area contributed by atoms with E-state index in [9.17, 15) is 18.0 Å². The van der Waals surface area contributed by atoms with Gasteiger partial charge in [0.2, 0.25) is 0 Å². The van der Waals surface area contributed by atoms with Crippen molar-refractivity contribution in [3.63, 3.8) is 0 Å². The summed E-state index contributed by atoms with van der Waals surface area (Å²) in [7, 11) is 0. The van der Waals surface area contributed by atoms with Gasteiger partial charge in [0.05, 0.1) is 11.3 Å². The third-order valence-corrected chi connectivity index (χ3v) is 2.88. The lowest BCUT2D eigenvalue weighted by atomic mass is 10.1. The molecule has 0 aliphatic heterocycles. The van der Waals surface area contributed by atoms with Crippen molar-refractivity contribution in [2.24, 2.45) is 0 Å². The molecule has 2 aromatic rings. The number of rotatable bonds is 4. The molecule has 0 saturated heterocycles. The molecule has 24 heavy (non-hydrogen) atoms. The van der Waals surface area contributed by atoms with Crippen LogP contribution < -0.4 is 10.6 Å². The van der Waals surface area contributed by atoms with Crippen molar-refractivity contribution in [2.75, 3.05) is 10.6 Å². The van der Waals surface area contributed by atoms with E-state index in [1.807, 2.05) is 0 Å². The molecule has 1 aromatic carbocycles. The van der Waals surface area contributed by atoms with E-state index in [1.54, 1.807) is 24.3 Å². The number of nitriles is 1. The van der Waals surface area contributed by atoms with E-state index < -0.39 is 28.9 Å². The van der Waals surface area contributed by atoms with E-state index in [1.165, 1.54) is 18.3 Å². The molecule has 8 heteroatoms. The number of amides is 1. The minimum absolute atomic E-state index is 0.383. The van der Waals surface area contributed by atoms with Crippen LogP contribution in [0.25, 0.3) is 0 Å². The molecule has 0 aliphatic carbocycles. The number of nitrogens with one attached hydrogen (secondary N) is 2. The molecule has 0 radical (unpaired) electrons. The van der Waals surface area contributed by atoms with Gasteiger partial charge in [0.15, 0.2) is 0 Å². The zero-order valence-corrected chi connectivity index (χ0v) is 12.1. The molecule has 0 atom stereocenters. The summed E-state index contributed by atoms with van der Waals surface area (Å²) in [6.07, 6.45) is -2.04. The van der Waals surface area contributed by atoms with E-state index in [0.717, 1.165) is 18.3 Å². The molecule has 0 aliphatic rings. The molecule has 0 unspecified atom stereocenters. The number of anilines is 2. The van der Waals surface area contributed by atoms with Crippen molar-refractivity contribution < 1.29 is 18.0 Å². The summed E-state index contributed by atoms with van der Waals surface area (Å²) in [5.74, 6) is -0.577. The third kappa shape index (κ3) is 4.33. The van der Waals surface area contributed by atoms with Gasteiger partial charge < -0.3 is 10.6 Å². The average Bonchev–Trinajstić information content (AvgIpc) is 2.56. The number of hydrogen-bond donors (Lipinski definition) is 2. The summed E-state index contributed by atoms with van der Waals surface area (Å²) in [5.41, 5.74) is -1.81. The molecular weight excluding hydrogens is 321 g/mol. The maximum absolute atomic E-state index is 12.9. The van der Waals surface area contributed by atoms with Crippen molar-refractivity contribution in [3.8, 4) is 6.07 Å². The molecule has 2 rings (SSSR count). The average molecular weight is 332 g/mol. The second-order valence-electron chi connectivity index (χ2n) is 4.53. The van der Waals surface area contributed by atoms with E-state index in [0.29, 0.717) is 5.82 Å². The molecule has 122 valence electrons. The van der Waals surface area contributed by atoms with E-state index >= 15 is 0 Å². The number of nitrogens with zero attached hydrogens (tertiary/aromatic N) is 2. The number of carbonyl (C=O) groups is 1. The van der Waals surface area contributed by atoms with Crippen molar-refractivity contribution in [1.29, 1.82) is 5.26 Å². The van der Waals surface area contributed by atoms with Gasteiger partial charge in [0.1, 0.15) is 17.5 Å². The summed E-state index contributed by atoms with van der Waals surface area (Å²) in [5, 5.41) is 13.7. The minimum Gasteiger partial charge on any atom is -0.345 e. The van der Waals surface area contributed by atoms with Crippen molar-refractivity contribution >= 4 is 17.4 Å². The highest BCUT2D eigenvalue weighted by molar-refractivity contribution is 6.07. The van der Waals surface area contributed by atoms with Gasteiger partial charge in [-0.3, -0.25) is 4.79 Å². The Morgan fingerprint density at radius 1 is 1.17 bits per heavy atom. The molecule has 0 fully saturated rings. The smallest absolute Gasteiger partial charge is 0.345 e. The number of hydrogen-bond acceptors (Lipinski definition) is 4. The van der Waals surface area contributed by atoms with Crippen LogP contribution in [0.15, 0.2) is 60.4 Å². The first-order valence-corrected chi connectivity index (χ1v) is 6.67. The summed E-state index contributed by atoms with van der Waals surface area (Å²) in [4.78, 5) is 15.9. The molecule has 0 bridgehead atoms. The fourth-order valence-corrected chi connectivity index (χ4v) is 1.77. The second-order valence-corrected chi connectivity index (χ2v) is 4.53. The second kappa shape index (κ2) is 7.28. The lowest BCUT2D eigenvalue weighted by Crippen LogP contribution is -2.18.